The molecule has 0 spiro atoms. The molecule has 1 saturated heterocycles. The van der Waals surface area contributed by atoms with Gasteiger partial charge in [0.1, 0.15) is 12.1 Å². The predicted octanol–water partition coefficient (Wildman–Crippen LogP) is -2.24. The van der Waals surface area contributed by atoms with E-state index in [0.717, 1.165) is 11.0 Å². The topological polar surface area (TPSA) is 95.0 Å². The number of hydrogen-bond donors (Lipinski definition) is 1. The van der Waals surface area contributed by atoms with Crippen LogP contribution in [0.5, 0.6) is 0 Å². The molecule has 0 bridgehead atoms. The highest BCUT2D eigenvalue weighted by atomic mass is 16.5. The Morgan fingerprint density at radius 3 is 3.00 bits per heavy atom. The highest BCUT2D eigenvalue weighted by Gasteiger charge is 2.31. The van der Waals surface area contributed by atoms with Crippen LogP contribution in [0, 0.1) is 0 Å². The Morgan fingerprint density at radius 2 is 2.32 bits per heavy atom. The number of ether oxygens (including phenoxy) is 1. The molecule has 1 aliphatic rings. The lowest BCUT2D eigenvalue weighted by Crippen LogP contribution is -2.47. The van der Waals surface area contributed by atoms with Crippen LogP contribution >= 0.6 is 0 Å². The quantitative estimate of drug-likeness (QED) is 0.590. The van der Waals surface area contributed by atoms with E-state index in [1.807, 2.05) is 0 Å². The second kappa shape index (κ2) is 4.23. The van der Waals surface area contributed by atoms with Crippen LogP contribution in [0.3, 0.4) is 0 Å². The van der Waals surface area contributed by atoms with Gasteiger partial charge in [-0.15, -0.1) is 0 Å². The summed E-state index contributed by atoms with van der Waals surface area (Å²) in [5.41, 5.74) is -0.0885. The second-order valence-corrected chi connectivity index (χ2v) is 4.71. The number of nitrogens with zero attached hydrogens (tertiary/aromatic N) is 3. The smallest absolute Gasteiger partial charge is 0.380 e. The van der Waals surface area contributed by atoms with E-state index in [9.17, 15) is 9.59 Å². The lowest BCUT2D eigenvalue weighted by molar-refractivity contribution is -0.718. The summed E-state index contributed by atoms with van der Waals surface area (Å²) < 4.78 is 7.88. The second-order valence-electron chi connectivity index (χ2n) is 4.71. The number of H-pyrrole nitrogens is 2. The molecule has 1 aliphatic heterocycles. The molecule has 3 heterocycles. The molecule has 8 heteroatoms. The highest BCUT2D eigenvalue weighted by molar-refractivity contribution is 5.59. The van der Waals surface area contributed by atoms with Gasteiger partial charge in [0.2, 0.25) is 0 Å². The molecule has 3 rings (SSSR count). The van der Waals surface area contributed by atoms with Crippen molar-refractivity contribution in [3.8, 4) is 0 Å². The molecule has 0 aromatic carbocycles. The number of fused-ring (bicyclic) bond motifs is 1. The Labute approximate surface area is 107 Å². The van der Waals surface area contributed by atoms with E-state index in [1.54, 1.807) is 7.05 Å². The summed E-state index contributed by atoms with van der Waals surface area (Å²) in [6.07, 6.45) is 0.874. The molecule has 8 nitrogen and oxygen atoms in total. The zero-order valence-corrected chi connectivity index (χ0v) is 10.8. The van der Waals surface area contributed by atoms with Crippen molar-refractivity contribution in [3.05, 3.63) is 26.7 Å². The van der Waals surface area contributed by atoms with E-state index < -0.39 is 5.69 Å². The van der Waals surface area contributed by atoms with Crippen molar-refractivity contribution in [1.82, 2.24) is 14.6 Å². The van der Waals surface area contributed by atoms with Crippen molar-refractivity contribution in [2.24, 2.45) is 14.1 Å². The monoisotopic (exact) mass is 265 g/mol. The van der Waals surface area contributed by atoms with Crippen molar-refractivity contribution in [3.63, 3.8) is 0 Å². The van der Waals surface area contributed by atoms with Gasteiger partial charge in [-0.1, -0.05) is 0 Å². The van der Waals surface area contributed by atoms with Crippen LogP contribution in [0.4, 0.5) is 0 Å². The third-order valence-electron chi connectivity index (χ3n) is 3.44. The van der Waals surface area contributed by atoms with Crippen LogP contribution in [-0.2, 0) is 18.8 Å². The first-order chi connectivity index (χ1) is 9.08. The summed E-state index contributed by atoms with van der Waals surface area (Å²) in [6, 6.07) is 0. The molecule has 1 fully saturated rings. The molecule has 100 valence electrons. The zero-order chi connectivity index (χ0) is 13.6. The summed E-state index contributed by atoms with van der Waals surface area (Å²) in [5.74, 6) is 0.865. The summed E-state index contributed by atoms with van der Waals surface area (Å²) in [5, 5.41) is 4.36. The van der Waals surface area contributed by atoms with Crippen molar-refractivity contribution >= 4 is 11.2 Å². The van der Waals surface area contributed by atoms with E-state index >= 15 is 0 Å². The summed E-state index contributed by atoms with van der Waals surface area (Å²) in [7, 11) is 3.14. The van der Waals surface area contributed by atoms with Crippen LogP contribution in [0.25, 0.3) is 11.2 Å². The molecule has 0 aliphatic carbocycles. The summed E-state index contributed by atoms with van der Waals surface area (Å²) >= 11 is 0. The third kappa shape index (κ3) is 1.84. The first kappa shape index (κ1) is 12.0. The van der Waals surface area contributed by atoms with Crippen LogP contribution in [0.1, 0.15) is 18.2 Å². The molecule has 19 heavy (non-hydrogen) atoms. The fourth-order valence-electron chi connectivity index (χ4n) is 2.26. The molecular weight excluding hydrogens is 250 g/mol. The Hall–Kier alpha value is -2.09. The Balaban J connectivity index is 2.30. The minimum Gasteiger partial charge on any atom is -0.380 e. The van der Waals surface area contributed by atoms with Crippen LogP contribution in [0.2, 0.25) is 0 Å². The lowest BCUT2D eigenvalue weighted by atomic mass is 10.1. The number of nitrogens with one attached hydrogen (secondary N) is 2. The van der Waals surface area contributed by atoms with Gasteiger partial charge in [0.05, 0.1) is 12.5 Å². The van der Waals surface area contributed by atoms with Crippen molar-refractivity contribution in [1.29, 1.82) is 0 Å². The molecule has 0 amide bonds. The van der Waals surface area contributed by atoms with Crippen LogP contribution in [-0.4, -0.2) is 27.9 Å². The van der Waals surface area contributed by atoms with Crippen molar-refractivity contribution in [2.45, 2.75) is 12.3 Å². The fraction of sp³-hybridized carbons (Fsp3) is 0.545. The maximum Gasteiger partial charge on any atom is 0.416 e. The zero-order valence-electron chi connectivity index (χ0n) is 10.8. The Bertz CT molecular complexity index is 757. The molecule has 2 N–H and O–H groups in total. The third-order valence-corrected chi connectivity index (χ3v) is 3.44. The van der Waals surface area contributed by atoms with Gasteiger partial charge in [0.15, 0.2) is 0 Å². The standard InChI is InChI=1S/C11H13N5O3/c1-15-10(17)7-9(13-11(15)18)16(2)14-8(12-7)6-3-4-19-5-6/h6H,3-5H2,1-2H3/p+2. The van der Waals surface area contributed by atoms with Gasteiger partial charge in [-0.25, -0.2) is 14.3 Å². The molecule has 0 saturated carbocycles. The van der Waals surface area contributed by atoms with E-state index in [2.05, 4.69) is 15.1 Å². The van der Waals surface area contributed by atoms with Gasteiger partial charge < -0.3 is 4.74 Å². The molecule has 1 unspecified atom stereocenters. The number of aromatic nitrogens is 5. The first-order valence-electron chi connectivity index (χ1n) is 6.08. The largest absolute Gasteiger partial charge is 0.416 e. The predicted molar refractivity (Wildman–Crippen MR) is 63.5 cm³/mol. The molecule has 2 aromatic heterocycles. The van der Waals surface area contributed by atoms with Crippen LogP contribution in [0.15, 0.2) is 9.59 Å². The summed E-state index contributed by atoms with van der Waals surface area (Å²) in [6.45, 7) is 1.30. The Kier molecular flexibility index (Phi) is 2.67. The van der Waals surface area contributed by atoms with Crippen molar-refractivity contribution in [2.75, 3.05) is 13.2 Å². The number of aromatic amines is 2. The average Bonchev–Trinajstić information content (AvgIpc) is 2.91. The number of rotatable bonds is 1. The number of hydrogen-bond acceptors (Lipinski definition) is 4. The molecule has 2 aromatic rings. The maximum absolute atomic E-state index is 12.1. The SMILES string of the molecule is Cn1c(=O)[nH]c2c([nH+]c(C3CCOC3)n[n+]2C)c1=O. The normalized spacial score (nSPS) is 19.2. The summed E-state index contributed by atoms with van der Waals surface area (Å²) in [4.78, 5) is 29.3. The Morgan fingerprint density at radius 1 is 1.53 bits per heavy atom. The van der Waals surface area contributed by atoms with E-state index in [4.69, 9.17) is 4.74 Å². The van der Waals surface area contributed by atoms with Gasteiger partial charge in [0.25, 0.3) is 5.52 Å². The molecular formula is C11H15N5O3+2. The van der Waals surface area contributed by atoms with E-state index in [0.29, 0.717) is 30.2 Å². The minimum atomic E-state index is -0.458. The molecule has 1 atom stereocenters. The lowest BCUT2D eigenvalue weighted by Gasteiger charge is -1.99. The van der Waals surface area contributed by atoms with Gasteiger partial charge in [0, 0.05) is 13.7 Å². The van der Waals surface area contributed by atoms with E-state index in [-0.39, 0.29) is 11.5 Å². The van der Waals surface area contributed by atoms with Gasteiger partial charge in [-0.05, 0) is 11.1 Å². The molecule has 0 radical (unpaired) electrons. The number of aryl methyl sites for hydroxylation is 1. The van der Waals surface area contributed by atoms with Gasteiger partial charge >= 0.3 is 22.7 Å². The fourth-order valence-corrected chi connectivity index (χ4v) is 2.26. The highest BCUT2D eigenvalue weighted by Crippen LogP contribution is 2.19. The average molecular weight is 265 g/mol. The maximum atomic E-state index is 12.1. The van der Waals surface area contributed by atoms with Gasteiger partial charge in [-0.2, -0.15) is 4.98 Å². The van der Waals surface area contributed by atoms with Crippen LogP contribution < -0.4 is 20.9 Å². The van der Waals surface area contributed by atoms with Crippen molar-refractivity contribution < 1.29 is 14.4 Å². The van der Waals surface area contributed by atoms with Gasteiger partial charge in [-0.3, -0.25) is 4.79 Å². The minimum absolute atomic E-state index is 0.159. The first-order valence-corrected chi connectivity index (χ1v) is 6.08. The van der Waals surface area contributed by atoms with E-state index in [1.165, 1.54) is 11.7 Å².